The van der Waals surface area contributed by atoms with Crippen molar-refractivity contribution in [2.24, 2.45) is 0 Å². The Morgan fingerprint density at radius 1 is 1.19 bits per heavy atom. The lowest BCUT2D eigenvalue weighted by Crippen LogP contribution is -2.38. The number of benzene rings is 1. The molecule has 0 bridgehead atoms. The lowest BCUT2D eigenvalue weighted by molar-refractivity contribution is 0.0180. The zero-order chi connectivity index (χ0) is 18.2. The van der Waals surface area contributed by atoms with Crippen molar-refractivity contribution >= 4 is 5.82 Å². The predicted octanol–water partition coefficient (Wildman–Crippen LogP) is 2.11. The van der Waals surface area contributed by atoms with Gasteiger partial charge in [0.2, 0.25) is 0 Å². The summed E-state index contributed by atoms with van der Waals surface area (Å²) in [6.45, 7) is 5.78. The summed E-state index contributed by atoms with van der Waals surface area (Å²) >= 11 is 0. The summed E-state index contributed by atoms with van der Waals surface area (Å²) in [5.41, 5.74) is 9.25. The van der Waals surface area contributed by atoms with Crippen molar-refractivity contribution in [3.63, 3.8) is 0 Å². The van der Waals surface area contributed by atoms with Crippen molar-refractivity contribution in [1.29, 1.82) is 0 Å². The molecule has 2 N–H and O–H groups in total. The van der Waals surface area contributed by atoms with Crippen LogP contribution >= 0.6 is 0 Å². The second-order valence-corrected chi connectivity index (χ2v) is 6.42. The van der Waals surface area contributed by atoms with Crippen LogP contribution in [0.1, 0.15) is 16.7 Å². The number of nitrogen functional groups attached to an aromatic ring is 1. The van der Waals surface area contributed by atoms with Gasteiger partial charge >= 0.3 is 0 Å². The number of ether oxygens (including phenoxy) is 3. The first-order valence-electron chi connectivity index (χ1n) is 8.98. The van der Waals surface area contributed by atoms with Crippen LogP contribution in [0.25, 0.3) is 0 Å². The number of hydrogen-bond acceptors (Lipinski definition) is 6. The Hall–Kier alpha value is -2.15. The van der Waals surface area contributed by atoms with Gasteiger partial charge < -0.3 is 19.9 Å². The zero-order valence-corrected chi connectivity index (χ0v) is 15.3. The zero-order valence-electron chi connectivity index (χ0n) is 15.3. The van der Waals surface area contributed by atoms with Crippen LogP contribution in [0.4, 0.5) is 5.82 Å². The summed E-state index contributed by atoms with van der Waals surface area (Å²) < 4.78 is 16.5. The molecule has 1 aromatic carbocycles. The fourth-order valence-electron chi connectivity index (χ4n) is 3.00. The van der Waals surface area contributed by atoms with Crippen LogP contribution in [-0.4, -0.2) is 56.4 Å². The Labute approximate surface area is 154 Å². The SMILES string of the molecule is COc1cccc(Cc2cc(COCCN3CCOCC3)cnc2N)c1. The molecule has 0 spiro atoms. The molecule has 0 aliphatic carbocycles. The summed E-state index contributed by atoms with van der Waals surface area (Å²) in [5, 5.41) is 0. The topological polar surface area (TPSA) is 69.8 Å². The molecule has 0 unspecified atom stereocenters. The van der Waals surface area contributed by atoms with Gasteiger partial charge in [-0.25, -0.2) is 4.98 Å². The number of aromatic nitrogens is 1. The molecule has 2 heterocycles. The van der Waals surface area contributed by atoms with Crippen molar-refractivity contribution in [3.8, 4) is 5.75 Å². The van der Waals surface area contributed by atoms with Gasteiger partial charge in [-0.1, -0.05) is 12.1 Å². The molecule has 0 saturated carbocycles. The maximum Gasteiger partial charge on any atom is 0.126 e. The smallest absolute Gasteiger partial charge is 0.126 e. The van der Waals surface area contributed by atoms with Gasteiger partial charge in [-0.05, 0) is 34.9 Å². The second kappa shape index (κ2) is 9.52. The van der Waals surface area contributed by atoms with Crippen molar-refractivity contribution in [2.45, 2.75) is 13.0 Å². The molecule has 1 aromatic heterocycles. The molecular weight excluding hydrogens is 330 g/mol. The number of morpholine rings is 1. The molecule has 6 heteroatoms. The Morgan fingerprint density at radius 2 is 2.04 bits per heavy atom. The number of rotatable bonds is 8. The van der Waals surface area contributed by atoms with Crippen LogP contribution in [0.15, 0.2) is 36.5 Å². The number of anilines is 1. The van der Waals surface area contributed by atoms with E-state index in [0.29, 0.717) is 19.0 Å². The molecule has 0 radical (unpaired) electrons. The van der Waals surface area contributed by atoms with Crippen molar-refractivity contribution < 1.29 is 14.2 Å². The lowest BCUT2D eigenvalue weighted by Gasteiger charge is -2.26. The quantitative estimate of drug-likeness (QED) is 0.730. The standard InChI is InChI=1S/C20H27N3O3/c1-24-19-4-2-3-16(13-19)11-18-12-17(14-22-20(18)21)15-26-10-7-23-5-8-25-9-6-23/h2-4,12-14H,5-11,15H2,1H3,(H2,21,22). The molecule has 1 aliphatic rings. The first-order chi connectivity index (χ1) is 12.7. The fourth-order valence-corrected chi connectivity index (χ4v) is 3.00. The maximum atomic E-state index is 6.06. The number of methoxy groups -OCH3 is 1. The predicted molar refractivity (Wildman–Crippen MR) is 101 cm³/mol. The minimum absolute atomic E-state index is 0.544. The third kappa shape index (κ3) is 5.42. The first kappa shape index (κ1) is 18.6. The Bertz CT molecular complexity index is 702. The van der Waals surface area contributed by atoms with Gasteiger partial charge in [0.25, 0.3) is 0 Å². The van der Waals surface area contributed by atoms with Crippen LogP contribution in [0.2, 0.25) is 0 Å². The molecule has 3 rings (SSSR count). The normalized spacial score (nSPS) is 15.1. The van der Waals surface area contributed by atoms with Gasteiger partial charge in [-0.3, -0.25) is 4.90 Å². The van der Waals surface area contributed by atoms with Crippen LogP contribution in [-0.2, 0) is 22.5 Å². The summed E-state index contributed by atoms with van der Waals surface area (Å²) in [4.78, 5) is 6.69. The minimum atomic E-state index is 0.544. The van der Waals surface area contributed by atoms with E-state index in [2.05, 4.69) is 22.0 Å². The number of nitrogens with two attached hydrogens (primary N) is 1. The molecule has 1 fully saturated rings. The highest BCUT2D eigenvalue weighted by atomic mass is 16.5. The summed E-state index contributed by atoms with van der Waals surface area (Å²) in [6, 6.07) is 10.1. The molecular formula is C20H27N3O3. The Balaban J connectivity index is 1.53. The van der Waals surface area contributed by atoms with E-state index in [4.69, 9.17) is 19.9 Å². The number of pyridine rings is 1. The molecule has 6 nitrogen and oxygen atoms in total. The third-order valence-electron chi connectivity index (χ3n) is 4.51. The second-order valence-electron chi connectivity index (χ2n) is 6.42. The molecule has 140 valence electrons. The molecule has 1 saturated heterocycles. The van der Waals surface area contributed by atoms with Crippen LogP contribution in [0.5, 0.6) is 5.75 Å². The molecule has 1 aliphatic heterocycles. The van der Waals surface area contributed by atoms with E-state index in [-0.39, 0.29) is 0 Å². The highest BCUT2D eigenvalue weighted by Crippen LogP contribution is 2.20. The van der Waals surface area contributed by atoms with Crippen molar-refractivity contribution in [3.05, 3.63) is 53.2 Å². The van der Waals surface area contributed by atoms with Crippen molar-refractivity contribution in [2.75, 3.05) is 52.3 Å². The van der Waals surface area contributed by atoms with Crippen molar-refractivity contribution in [1.82, 2.24) is 9.88 Å². The van der Waals surface area contributed by atoms with E-state index >= 15 is 0 Å². The lowest BCUT2D eigenvalue weighted by atomic mass is 10.0. The fraction of sp³-hybridized carbons (Fsp3) is 0.450. The van der Waals surface area contributed by atoms with E-state index < -0.39 is 0 Å². The van der Waals surface area contributed by atoms with Crippen LogP contribution in [0.3, 0.4) is 0 Å². The number of nitrogens with zero attached hydrogens (tertiary/aromatic N) is 2. The van der Waals surface area contributed by atoms with E-state index in [1.54, 1.807) is 13.3 Å². The maximum absolute atomic E-state index is 6.06. The number of hydrogen-bond donors (Lipinski definition) is 1. The molecule has 0 atom stereocenters. The van der Waals surface area contributed by atoms with Gasteiger partial charge in [0.15, 0.2) is 0 Å². The highest BCUT2D eigenvalue weighted by molar-refractivity contribution is 5.44. The van der Waals surface area contributed by atoms with E-state index in [9.17, 15) is 0 Å². The van der Waals surface area contributed by atoms with E-state index in [1.807, 2.05) is 18.2 Å². The monoisotopic (exact) mass is 357 g/mol. The first-order valence-corrected chi connectivity index (χ1v) is 8.98. The largest absolute Gasteiger partial charge is 0.497 e. The highest BCUT2D eigenvalue weighted by Gasteiger charge is 2.10. The van der Waals surface area contributed by atoms with Gasteiger partial charge in [-0.15, -0.1) is 0 Å². The molecule has 2 aromatic rings. The average molecular weight is 357 g/mol. The van der Waals surface area contributed by atoms with Gasteiger partial charge in [0.05, 0.1) is 33.5 Å². The van der Waals surface area contributed by atoms with Gasteiger partial charge in [0.1, 0.15) is 11.6 Å². The average Bonchev–Trinajstić information content (AvgIpc) is 2.68. The third-order valence-corrected chi connectivity index (χ3v) is 4.51. The Kier molecular flexibility index (Phi) is 6.82. The van der Waals surface area contributed by atoms with E-state index in [0.717, 1.165) is 61.7 Å². The summed E-state index contributed by atoms with van der Waals surface area (Å²) in [5.74, 6) is 1.40. The van der Waals surface area contributed by atoms with Gasteiger partial charge in [-0.2, -0.15) is 0 Å². The summed E-state index contributed by atoms with van der Waals surface area (Å²) in [6.07, 6.45) is 2.51. The summed E-state index contributed by atoms with van der Waals surface area (Å²) in [7, 11) is 1.67. The molecule has 0 amide bonds. The Morgan fingerprint density at radius 3 is 2.85 bits per heavy atom. The van der Waals surface area contributed by atoms with E-state index in [1.165, 1.54) is 0 Å². The molecule has 26 heavy (non-hydrogen) atoms. The minimum Gasteiger partial charge on any atom is -0.497 e. The van der Waals surface area contributed by atoms with Crippen LogP contribution < -0.4 is 10.5 Å². The van der Waals surface area contributed by atoms with Crippen LogP contribution in [0, 0.1) is 0 Å². The van der Waals surface area contributed by atoms with Gasteiger partial charge in [0, 0.05) is 32.3 Å².